The highest BCUT2D eigenvalue weighted by Crippen LogP contribution is 2.32. The van der Waals surface area contributed by atoms with Crippen molar-refractivity contribution in [2.45, 2.75) is 6.92 Å². The highest BCUT2D eigenvalue weighted by Gasteiger charge is 2.17. The number of ether oxygens (including phenoxy) is 2. The standard InChI is InChI=1S/C22H18N4O7/c1-13-16(3-2-4-17(13)26(29)30)18-8-6-15(33-18)10-24-25-21(27)11-23-22(28)14-5-7-19-20(9-14)32-12-31-19/h2-10H,11-12H2,1H3,(H,23,28)(H,25,27). The van der Waals surface area contributed by atoms with Crippen molar-refractivity contribution in [2.24, 2.45) is 5.10 Å². The van der Waals surface area contributed by atoms with Crippen molar-refractivity contribution in [2.75, 3.05) is 13.3 Å². The van der Waals surface area contributed by atoms with E-state index in [-0.39, 0.29) is 19.0 Å². The van der Waals surface area contributed by atoms with Gasteiger partial charge < -0.3 is 19.2 Å². The van der Waals surface area contributed by atoms with E-state index >= 15 is 0 Å². The van der Waals surface area contributed by atoms with E-state index < -0.39 is 16.7 Å². The Hall–Kier alpha value is -4.67. The molecule has 11 nitrogen and oxygen atoms in total. The zero-order valence-electron chi connectivity index (χ0n) is 17.4. The lowest BCUT2D eigenvalue weighted by Gasteiger charge is -2.05. The second-order valence-corrected chi connectivity index (χ2v) is 6.95. The van der Waals surface area contributed by atoms with Gasteiger partial charge in [-0.1, -0.05) is 12.1 Å². The van der Waals surface area contributed by atoms with Crippen LogP contribution < -0.4 is 20.2 Å². The average Bonchev–Trinajstić information content (AvgIpc) is 3.46. The number of carbonyl (C=O) groups excluding carboxylic acids is 2. The molecule has 0 saturated carbocycles. The maximum atomic E-state index is 12.2. The van der Waals surface area contributed by atoms with Gasteiger partial charge in [-0.2, -0.15) is 5.10 Å². The van der Waals surface area contributed by atoms with Crippen molar-refractivity contribution in [3.63, 3.8) is 0 Å². The van der Waals surface area contributed by atoms with E-state index in [9.17, 15) is 19.7 Å². The largest absolute Gasteiger partial charge is 0.455 e. The zero-order chi connectivity index (χ0) is 23.4. The molecule has 0 fully saturated rings. The molecule has 0 spiro atoms. The number of fused-ring (bicyclic) bond motifs is 1. The number of nitro benzene ring substituents is 1. The van der Waals surface area contributed by atoms with Crippen LogP contribution in [0.5, 0.6) is 11.5 Å². The Balaban J connectivity index is 1.30. The lowest BCUT2D eigenvalue weighted by molar-refractivity contribution is -0.385. The van der Waals surface area contributed by atoms with Gasteiger partial charge in [0, 0.05) is 22.8 Å². The van der Waals surface area contributed by atoms with E-state index in [0.717, 1.165) is 0 Å². The monoisotopic (exact) mass is 450 g/mol. The van der Waals surface area contributed by atoms with Crippen LogP contribution in [0.2, 0.25) is 0 Å². The first kappa shape index (κ1) is 21.6. The predicted molar refractivity (Wildman–Crippen MR) is 116 cm³/mol. The number of amides is 2. The maximum Gasteiger partial charge on any atom is 0.273 e. The fourth-order valence-electron chi connectivity index (χ4n) is 3.16. The number of benzene rings is 2. The minimum Gasteiger partial charge on any atom is -0.455 e. The zero-order valence-corrected chi connectivity index (χ0v) is 17.4. The van der Waals surface area contributed by atoms with Crippen molar-refractivity contribution in [1.82, 2.24) is 10.7 Å². The summed E-state index contributed by atoms with van der Waals surface area (Å²) in [6.45, 7) is 1.45. The third-order valence-electron chi connectivity index (χ3n) is 4.82. The molecule has 0 bridgehead atoms. The van der Waals surface area contributed by atoms with Gasteiger partial charge >= 0.3 is 0 Å². The topological polar surface area (TPSA) is 145 Å². The second-order valence-electron chi connectivity index (χ2n) is 6.95. The van der Waals surface area contributed by atoms with Crippen LogP contribution in [0, 0.1) is 17.0 Å². The SMILES string of the molecule is Cc1c(-c2ccc(C=NNC(=O)CNC(=O)c3ccc4c(c3)OCO4)o2)cccc1[N+](=O)[O-]. The van der Waals surface area contributed by atoms with E-state index in [1.807, 2.05) is 0 Å². The predicted octanol–water partition coefficient (Wildman–Crippen LogP) is 2.77. The molecule has 1 aliphatic rings. The van der Waals surface area contributed by atoms with Crippen LogP contribution in [0.15, 0.2) is 58.0 Å². The summed E-state index contributed by atoms with van der Waals surface area (Å²) in [4.78, 5) is 34.8. The number of hydrogen-bond donors (Lipinski definition) is 2. The summed E-state index contributed by atoms with van der Waals surface area (Å²) >= 11 is 0. The fourth-order valence-corrected chi connectivity index (χ4v) is 3.16. The number of furan rings is 1. The van der Waals surface area contributed by atoms with E-state index in [1.54, 1.807) is 43.3 Å². The van der Waals surface area contributed by atoms with Crippen molar-refractivity contribution in [1.29, 1.82) is 0 Å². The van der Waals surface area contributed by atoms with E-state index in [4.69, 9.17) is 13.9 Å². The van der Waals surface area contributed by atoms with Crippen LogP contribution in [-0.4, -0.2) is 36.3 Å². The highest BCUT2D eigenvalue weighted by molar-refractivity contribution is 5.97. The Morgan fingerprint density at radius 2 is 1.97 bits per heavy atom. The third kappa shape index (κ3) is 4.82. The van der Waals surface area contributed by atoms with Gasteiger partial charge in [0.1, 0.15) is 11.5 Å². The van der Waals surface area contributed by atoms with Crippen LogP contribution in [0.4, 0.5) is 5.69 Å². The second kappa shape index (κ2) is 9.22. The van der Waals surface area contributed by atoms with Gasteiger partial charge in [-0.15, -0.1) is 0 Å². The van der Waals surface area contributed by atoms with E-state index in [1.165, 1.54) is 18.3 Å². The number of nitro groups is 1. The Kier molecular flexibility index (Phi) is 6.02. The molecule has 0 atom stereocenters. The normalized spacial score (nSPS) is 12.0. The minimum absolute atomic E-state index is 0.00539. The Labute approximate surface area is 187 Å². The summed E-state index contributed by atoms with van der Waals surface area (Å²) < 4.78 is 16.1. The smallest absolute Gasteiger partial charge is 0.273 e. The lowest BCUT2D eigenvalue weighted by atomic mass is 10.1. The molecule has 2 heterocycles. The molecular formula is C22H18N4O7. The number of nitrogens with one attached hydrogen (secondary N) is 2. The number of rotatable bonds is 7. The summed E-state index contributed by atoms with van der Waals surface area (Å²) in [7, 11) is 0. The van der Waals surface area contributed by atoms with Crippen LogP contribution >= 0.6 is 0 Å². The average molecular weight is 450 g/mol. The number of nitrogens with zero attached hydrogens (tertiary/aromatic N) is 2. The number of carbonyl (C=O) groups is 2. The van der Waals surface area contributed by atoms with Crippen molar-refractivity contribution >= 4 is 23.7 Å². The molecule has 0 radical (unpaired) electrons. The number of hydrogen-bond acceptors (Lipinski definition) is 8. The van der Waals surface area contributed by atoms with Crippen LogP contribution in [0.3, 0.4) is 0 Å². The molecule has 0 unspecified atom stereocenters. The van der Waals surface area contributed by atoms with Crippen molar-refractivity contribution < 1.29 is 28.4 Å². The number of hydrazone groups is 1. The van der Waals surface area contributed by atoms with Crippen molar-refractivity contribution in [3.05, 3.63) is 75.5 Å². The Bertz CT molecular complexity index is 1270. The fraction of sp³-hybridized carbons (Fsp3) is 0.136. The van der Waals surface area contributed by atoms with Gasteiger partial charge in [-0.05, 0) is 37.3 Å². The molecule has 168 valence electrons. The molecule has 4 rings (SSSR count). The molecule has 0 saturated heterocycles. The highest BCUT2D eigenvalue weighted by atomic mass is 16.7. The van der Waals surface area contributed by atoms with Gasteiger partial charge in [-0.3, -0.25) is 19.7 Å². The Morgan fingerprint density at radius 1 is 1.15 bits per heavy atom. The summed E-state index contributed by atoms with van der Waals surface area (Å²) in [5.74, 6) is 0.799. The minimum atomic E-state index is -0.540. The molecule has 33 heavy (non-hydrogen) atoms. The van der Waals surface area contributed by atoms with E-state index in [2.05, 4.69) is 15.8 Å². The molecule has 1 aliphatic heterocycles. The molecule has 11 heteroatoms. The van der Waals surface area contributed by atoms with Crippen LogP contribution in [0.25, 0.3) is 11.3 Å². The van der Waals surface area contributed by atoms with E-state index in [0.29, 0.717) is 39.7 Å². The lowest BCUT2D eigenvalue weighted by Crippen LogP contribution is -2.34. The van der Waals surface area contributed by atoms with Gasteiger partial charge in [0.25, 0.3) is 17.5 Å². The van der Waals surface area contributed by atoms with Gasteiger partial charge in [0.05, 0.1) is 17.7 Å². The van der Waals surface area contributed by atoms with Crippen LogP contribution in [-0.2, 0) is 4.79 Å². The maximum absolute atomic E-state index is 12.2. The first-order valence-electron chi connectivity index (χ1n) is 9.76. The summed E-state index contributed by atoms with van der Waals surface area (Å²) in [5, 5.41) is 17.4. The molecule has 2 aromatic carbocycles. The first-order valence-corrected chi connectivity index (χ1v) is 9.76. The third-order valence-corrected chi connectivity index (χ3v) is 4.82. The molecule has 2 N–H and O–H groups in total. The van der Waals surface area contributed by atoms with Crippen LogP contribution in [0.1, 0.15) is 21.7 Å². The molecule has 0 aliphatic carbocycles. The van der Waals surface area contributed by atoms with Gasteiger partial charge in [-0.25, -0.2) is 5.43 Å². The molecule has 2 amide bonds. The van der Waals surface area contributed by atoms with Gasteiger partial charge in [0.2, 0.25) is 6.79 Å². The summed E-state index contributed by atoms with van der Waals surface area (Å²) in [6.07, 6.45) is 1.29. The van der Waals surface area contributed by atoms with Gasteiger partial charge in [0.15, 0.2) is 11.5 Å². The molecular weight excluding hydrogens is 432 g/mol. The molecule has 1 aromatic heterocycles. The quantitative estimate of drug-likeness (QED) is 0.320. The Morgan fingerprint density at radius 3 is 2.79 bits per heavy atom. The van der Waals surface area contributed by atoms with Crippen molar-refractivity contribution in [3.8, 4) is 22.8 Å². The summed E-state index contributed by atoms with van der Waals surface area (Å²) in [5.41, 5.74) is 3.67. The summed E-state index contributed by atoms with van der Waals surface area (Å²) in [6, 6.07) is 12.7. The molecule has 3 aromatic rings. The first-order chi connectivity index (χ1) is 15.9.